The van der Waals surface area contributed by atoms with Gasteiger partial charge in [-0.25, -0.2) is 9.97 Å². The smallest absolute Gasteiger partial charge is 0.135 e. The van der Waals surface area contributed by atoms with Gasteiger partial charge in [-0.15, -0.1) is 0 Å². The zero-order valence-corrected chi connectivity index (χ0v) is 12.3. The van der Waals surface area contributed by atoms with E-state index in [2.05, 4.69) is 36.0 Å². The summed E-state index contributed by atoms with van der Waals surface area (Å²) in [6.07, 6.45) is 1.29. The minimum Gasteiger partial charge on any atom is -0.377 e. The molecular formula is C14H24N4O. The lowest BCUT2D eigenvalue weighted by Gasteiger charge is -2.24. The standard InChI is InChI=1S/C14H24N4O/c1-10(2)14-16-12(15-4)8-13(17-14)18-6-5-7-19-11(3)9-18/h8,10-11H,5-7,9H2,1-4H3,(H,15,16,17). The number of hydrogen-bond acceptors (Lipinski definition) is 5. The third-order valence-electron chi connectivity index (χ3n) is 3.28. The second kappa shape index (κ2) is 6.19. The van der Waals surface area contributed by atoms with Gasteiger partial charge in [0.1, 0.15) is 17.5 Å². The summed E-state index contributed by atoms with van der Waals surface area (Å²) < 4.78 is 5.69. The van der Waals surface area contributed by atoms with Crippen molar-refractivity contribution in [2.24, 2.45) is 0 Å². The van der Waals surface area contributed by atoms with Gasteiger partial charge in [0, 0.05) is 38.7 Å². The summed E-state index contributed by atoms with van der Waals surface area (Å²) >= 11 is 0. The first-order valence-electron chi connectivity index (χ1n) is 7.03. The molecule has 5 heteroatoms. The fraction of sp³-hybridized carbons (Fsp3) is 0.714. The molecule has 1 unspecified atom stereocenters. The Kier molecular flexibility index (Phi) is 4.58. The molecule has 1 saturated heterocycles. The van der Waals surface area contributed by atoms with Crippen molar-refractivity contribution < 1.29 is 4.74 Å². The van der Waals surface area contributed by atoms with Crippen LogP contribution in [-0.4, -0.2) is 42.8 Å². The maximum absolute atomic E-state index is 5.69. The molecule has 0 amide bonds. The van der Waals surface area contributed by atoms with Crippen LogP contribution < -0.4 is 10.2 Å². The number of ether oxygens (including phenoxy) is 1. The van der Waals surface area contributed by atoms with Gasteiger partial charge in [-0.1, -0.05) is 13.8 Å². The molecule has 5 nitrogen and oxygen atoms in total. The summed E-state index contributed by atoms with van der Waals surface area (Å²) in [7, 11) is 1.89. The van der Waals surface area contributed by atoms with E-state index in [0.717, 1.165) is 43.6 Å². The summed E-state index contributed by atoms with van der Waals surface area (Å²) in [6, 6.07) is 2.02. The van der Waals surface area contributed by atoms with Crippen LogP contribution in [0.25, 0.3) is 0 Å². The molecule has 1 fully saturated rings. The molecule has 2 rings (SSSR count). The van der Waals surface area contributed by atoms with E-state index in [1.54, 1.807) is 0 Å². The summed E-state index contributed by atoms with van der Waals surface area (Å²) in [5.74, 6) is 3.10. The molecule has 0 spiro atoms. The van der Waals surface area contributed by atoms with Crippen molar-refractivity contribution in [1.82, 2.24) is 9.97 Å². The van der Waals surface area contributed by atoms with Crippen LogP contribution in [0.1, 0.15) is 38.9 Å². The fourth-order valence-electron chi connectivity index (χ4n) is 2.20. The van der Waals surface area contributed by atoms with Crippen LogP contribution in [0.3, 0.4) is 0 Å². The van der Waals surface area contributed by atoms with Gasteiger partial charge in [0.15, 0.2) is 0 Å². The number of anilines is 2. The zero-order chi connectivity index (χ0) is 13.8. The molecule has 1 N–H and O–H groups in total. The van der Waals surface area contributed by atoms with Gasteiger partial charge in [0.25, 0.3) is 0 Å². The van der Waals surface area contributed by atoms with E-state index in [4.69, 9.17) is 9.72 Å². The van der Waals surface area contributed by atoms with Crippen molar-refractivity contribution in [3.63, 3.8) is 0 Å². The van der Waals surface area contributed by atoms with Crippen LogP contribution in [0.5, 0.6) is 0 Å². The van der Waals surface area contributed by atoms with Gasteiger partial charge >= 0.3 is 0 Å². The molecule has 1 atom stereocenters. The van der Waals surface area contributed by atoms with Crippen LogP contribution >= 0.6 is 0 Å². The first-order chi connectivity index (χ1) is 9.10. The predicted octanol–water partition coefficient (Wildman–Crippen LogP) is 2.26. The summed E-state index contributed by atoms with van der Waals surface area (Å²) in [5, 5.41) is 3.12. The molecule has 0 aromatic carbocycles. The van der Waals surface area contributed by atoms with Crippen LogP contribution in [0.4, 0.5) is 11.6 Å². The highest BCUT2D eigenvalue weighted by molar-refractivity contribution is 5.49. The van der Waals surface area contributed by atoms with Gasteiger partial charge in [0.2, 0.25) is 0 Å². The van der Waals surface area contributed by atoms with E-state index in [1.165, 1.54) is 0 Å². The van der Waals surface area contributed by atoms with Crippen LogP contribution in [0.2, 0.25) is 0 Å². The van der Waals surface area contributed by atoms with Gasteiger partial charge in [-0.3, -0.25) is 0 Å². The van der Waals surface area contributed by atoms with E-state index in [0.29, 0.717) is 5.92 Å². The minimum absolute atomic E-state index is 0.248. The molecule has 1 aromatic heterocycles. The topological polar surface area (TPSA) is 50.3 Å². The molecule has 0 aliphatic carbocycles. The summed E-state index contributed by atoms with van der Waals surface area (Å²) in [6.45, 7) is 9.06. The second-order valence-corrected chi connectivity index (χ2v) is 5.36. The fourth-order valence-corrected chi connectivity index (χ4v) is 2.20. The highest BCUT2D eigenvalue weighted by atomic mass is 16.5. The average Bonchev–Trinajstić information content (AvgIpc) is 2.62. The van der Waals surface area contributed by atoms with Crippen molar-refractivity contribution in [3.05, 3.63) is 11.9 Å². The highest BCUT2D eigenvalue weighted by Crippen LogP contribution is 2.21. The van der Waals surface area contributed by atoms with E-state index < -0.39 is 0 Å². The predicted molar refractivity (Wildman–Crippen MR) is 77.9 cm³/mol. The number of nitrogens with zero attached hydrogens (tertiary/aromatic N) is 3. The monoisotopic (exact) mass is 264 g/mol. The molecular weight excluding hydrogens is 240 g/mol. The third-order valence-corrected chi connectivity index (χ3v) is 3.28. The molecule has 19 heavy (non-hydrogen) atoms. The summed E-state index contributed by atoms with van der Waals surface area (Å²) in [4.78, 5) is 11.5. The molecule has 0 bridgehead atoms. The Labute approximate surface area is 115 Å². The molecule has 1 aliphatic rings. The first-order valence-corrected chi connectivity index (χ1v) is 7.03. The zero-order valence-electron chi connectivity index (χ0n) is 12.3. The number of aromatic nitrogens is 2. The molecule has 0 radical (unpaired) electrons. The van der Waals surface area contributed by atoms with Crippen molar-refractivity contribution in [3.8, 4) is 0 Å². The van der Waals surface area contributed by atoms with Gasteiger partial charge < -0.3 is 15.0 Å². The molecule has 1 aromatic rings. The highest BCUT2D eigenvalue weighted by Gasteiger charge is 2.18. The SMILES string of the molecule is CNc1cc(N2CCCOC(C)C2)nc(C(C)C)n1. The number of nitrogens with one attached hydrogen (secondary N) is 1. The van der Waals surface area contributed by atoms with Crippen molar-refractivity contribution in [1.29, 1.82) is 0 Å². The second-order valence-electron chi connectivity index (χ2n) is 5.36. The normalized spacial score (nSPS) is 20.5. The van der Waals surface area contributed by atoms with Crippen LogP contribution in [0, 0.1) is 0 Å². The number of hydrogen-bond donors (Lipinski definition) is 1. The number of rotatable bonds is 3. The Morgan fingerprint density at radius 2 is 2.21 bits per heavy atom. The largest absolute Gasteiger partial charge is 0.377 e. The molecule has 106 valence electrons. The Hall–Kier alpha value is -1.36. The Morgan fingerprint density at radius 1 is 1.42 bits per heavy atom. The first kappa shape index (κ1) is 14.1. The third kappa shape index (κ3) is 3.56. The lowest BCUT2D eigenvalue weighted by atomic mass is 10.2. The lowest BCUT2D eigenvalue weighted by molar-refractivity contribution is 0.0820. The molecule has 2 heterocycles. The average molecular weight is 264 g/mol. The van der Waals surface area contributed by atoms with Crippen molar-refractivity contribution in [2.45, 2.75) is 39.2 Å². The van der Waals surface area contributed by atoms with Gasteiger partial charge in [-0.2, -0.15) is 0 Å². The van der Waals surface area contributed by atoms with Crippen molar-refractivity contribution in [2.75, 3.05) is 37.0 Å². The Bertz CT molecular complexity index is 422. The van der Waals surface area contributed by atoms with Gasteiger partial charge in [-0.05, 0) is 13.3 Å². The van der Waals surface area contributed by atoms with Crippen LogP contribution in [0.15, 0.2) is 6.07 Å². The lowest BCUT2D eigenvalue weighted by Crippen LogP contribution is -2.31. The Balaban J connectivity index is 2.28. The Morgan fingerprint density at radius 3 is 2.89 bits per heavy atom. The van der Waals surface area contributed by atoms with Crippen molar-refractivity contribution >= 4 is 11.6 Å². The maximum atomic E-state index is 5.69. The van der Waals surface area contributed by atoms with E-state index in [1.807, 2.05) is 13.1 Å². The van der Waals surface area contributed by atoms with Gasteiger partial charge in [0.05, 0.1) is 6.10 Å². The molecule has 1 aliphatic heterocycles. The molecule has 0 saturated carbocycles. The summed E-state index contributed by atoms with van der Waals surface area (Å²) in [5.41, 5.74) is 0. The quantitative estimate of drug-likeness (QED) is 0.907. The minimum atomic E-state index is 0.248. The van der Waals surface area contributed by atoms with E-state index in [9.17, 15) is 0 Å². The van der Waals surface area contributed by atoms with E-state index >= 15 is 0 Å². The van der Waals surface area contributed by atoms with Crippen LogP contribution in [-0.2, 0) is 4.74 Å². The maximum Gasteiger partial charge on any atom is 0.135 e. The van der Waals surface area contributed by atoms with E-state index in [-0.39, 0.29) is 6.10 Å².